The van der Waals surface area contributed by atoms with E-state index in [0.717, 1.165) is 0 Å². The van der Waals surface area contributed by atoms with Crippen LogP contribution in [-0.2, 0) is 9.47 Å². The number of benzene rings is 1. The molecule has 5 nitrogen and oxygen atoms in total. The number of allylic oxidation sites excluding steroid dienone is 1. The summed E-state index contributed by atoms with van der Waals surface area (Å²) in [6.07, 6.45) is 2.96. The number of nitrogens with one attached hydrogen (secondary N) is 1. The normalized spacial score (nSPS) is 18.7. The zero-order chi connectivity index (χ0) is 16.4. The van der Waals surface area contributed by atoms with E-state index in [4.69, 9.17) is 21.1 Å². The van der Waals surface area contributed by atoms with Gasteiger partial charge in [0.2, 0.25) is 0 Å². The van der Waals surface area contributed by atoms with Crippen LogP contribution in [0.15, 0.2) is 41.4 Å². The van der Waals surface area contributed by atoms with Crippen LogP contribution in [0.1, 0.15) is 38.1 Å². The highest BCUT2D eigenvalue weighted by atomic mass is 35.5. The molecule has 0 aliphatic carbocycles. The van der Waals surface area contributed by atoms with Crippen LogP contribution in [0.5, 0.6) is 0 Å². The second kappa shape index (κ2) is 6.01. The Morgan fingerprint density at radius 2 is 1.77 bits per heavy atom. The summed E-state index contributed by atoms with van der Waals surface area (Å²) in [5.41, 5.74) is 1.89. The maximum atomic E-state index is 11.9. The summed E-state index contributed by atoms with van der Waals surface area (Å²) in [7, 11) is 0. The Morgan fingerprint density at radius 1 is 1.18 bits per heavy atom. The number of hydrazone groups is 1. The molecule has 1 aliphatic heterocycles. The van der Waals surface area contributed by atoms with E-state index in [0.29, 0.717) is 16.5 Å². The molecule has 1 saturated heterocycles. The molecule has 0 unspecified atom stereocenters. The first kappa shape index (κ1) is 16.4. The molecule has 1 aliphatic rings. The van der Waals surface area contributed by atoms with Crippen molar-refractivity contribution >= 4 is 23.7 Å². The highest BCUT2D eigenvalue weighted by molar-refractivity contribution is 6.33. The Hall–Kier alpha value is -2.01. The van der Waals surface area contributed by atoms with E-state index in [1.807, 2.05) is 27.7 Å². The van der Waals surface area contributed by atoms with Crippen LogP contribution in [0.3, 0.4) is 0 Å². The van der Waals surface area contributed by atoms with Crippen molar-refractivity contribution in [2.75, 3.05) is 0 Å². The minimum Gasteiger partial charge on any atom is -0.455 e. The van der Waals surface area contributed by atoms with Crippen LogP contribution in [0.2, 0.25) is 5.02 Å². The minimum atomic E-state index is -0.437. The number of ether oxygens (including phenoxy) is 2. The number of nitrogens with zero attached hydrogens (tertiary/aromatic N) is 1. The maximum Gasteiger partial charge on any atom is 0.282 e. The van der Waals surface area contributed by atoms with Gasteiger partial charge in [-0.3, -0.25) is 4.79 Å². The number of halogens is 1. The van der Waals surface area contributed by atoms with Crippen LogP contribution in [0, 0.1) is 0 Å². The van der Waals surface area contributed by atoms with Crippen molar-refractivity contribution in [1.82, 2.24) is 5.43 Å². The first-order valence-electron chi connectivity index (χ1n) is 6.89. The molecule has 0 radical (unpaired) electrons. The van der Waals surface area contributed by atoms with Gasteiger partial charge in [-0.05, 0) is 39.8 Å². The van der Waals surface area contributed by atoms with Gasteiger partial charge < -0.3 is 9.47 Å². The standard InChI is InChI=1S/C16H19ClN2O3/c1-15(2)16(3,4)22-13(21-15)9-10-18-19-14(20)11-7-5-6-8-12(11)17/h5-10H,1-4H3,(H,19,20)/b18-10+. The first-order chi connectivity index (χ1) is 10.2. The summed E-state index contributed by atoms with van der Waals surface area (Å²) in [6.45, 7) is 7.79. The lowest BCUT2D eigenvalue weighted by Gasteiger charge is -2.28. The Morgan fingerprint density at radius 3 is 2.36 bits per heavy atom. The van der Waals surface area contributed by atoms with Gasteiger partial charge in [0, 0.05) is 6.08 Å². The van der Waals surface area contributed by atoms with Crippen molar-refractivity contribution in [2.45, 2.75) is 38.9 Å². The summed E-state index contributed by atoms with van der Waals surface area (Å²) in [4.78, 5) is 11.9. The molecule has 1 aromatic rings. The summed E-state index contributed by atoms with van der Waals surface area (Å²) in [5, 5.41) is 4.20. The van der Waals surface area contributed by atoms with Gasteiger partial charge in [-0.2, -0.15) is 5.10 Å². The van der Waals surface area contributed by atoms with Gasteiger partial charge in [-0.25, -0.2) is 5.43 Å². The third-order valence-electron chi connectivity index (χ3n) is 3.73. The van der Waals surface area contributed by atoms with Crippen molar-refractivity contribution in [3.05, 3.63) is 46.9 Å². The average Bonchev–Trinajstić information content (AvgIpc) is 2.63. The van der Waals surface area contributed by atoms with E-state index in [1.165, 1.54) is 6.21 Å². The molecule has 1 aromatic carbocycles. The second-order valence-electron chi connectivity index (χ2n) is 5.91. The van der Waals surface area contributed by atoms with Crippen LogP contribution in [-0.4, -0.2) is 23.3 Å². The van der Waals surface area contributed by atoms with Crippen molar-refractivity contribution in [3.63, 3.8) is 0 Å². The Balaban J connectivity index is 1.96. The molecule has 0 spiro atoms. The fraction of sp³-hybridized carbons (Fsp3) is 0.375. The third kappa shape index (κ3) is 3.42. The number of hydrogen-bond donors (Lipinski definition) is 1. The molecule has 2 rings (SSSR count). The largest absolute Gasteiger partial charge is 0.455 e. The van der Waals surface area contributed by atoms with E-state index in [-0.39, 0.29) is 5.91 Å². The van der Waals surface area contributed by atoms with Gasteiger partial charge >= 0.3 is 0 Å². The van der Waals surface area contributed by atoms with Gasteiger partial charge in [-0.1, -0.05) is 23.7 Å². The van der Waals surface area contributed by atoms with Gasteiger partial charge in [0.1, 0.15) is 11.2 Å². The first-order valence-corrected chi connectivity index (χ1v) is 7.27. The average molecular weight is 323 g/mol. The quantitative estimate of drug-likeness (QED) is 0.684. The molecule has 22 heavy (non-hydrogen) atoms. The van der Waals surface area contributed by atoms with Gasteiger partial charge in [0.25, 0.3) is 11.9 Å². The van der Waals surface area contributed by atoms with Gasteiger partial charge in [0.05, 0.1) is 16.8 Å². The molecule has 0 atom stereocenters. The van der Waals surface area contributed by atoms with Crippen LogP contribution in [0.25, 0.3) is 0 Å². The van der Waals surface area contributed by atoms with Crippen molar-refractivity contribution < 1.29 is 14.3 Å². The van der Waals surface area contributed by atoms with E-state index in [9.17, 15) is 4.79 Å². The van der Waals surface area contributed by atoms with E-state index < -0.39 is 11.2 Å². The van der Waals surface area contributed by atoms with Crippen LogP contribution < -0.4 is 5.43 Å². The highest BCUT2D eigenvalue weighted by Gasteiger charge is 2.48. The van der Waals surface area contributed by atoms with E-state index in [2.05, 4.69) is 10.5 Å². The Labute approximate surface area is 134 Å². The molecule has 0 aromatic heterocycles. The fourth-order valence-corrected chi connectivity index (χ4v) is 1.96. The Kier molecular flexibility index (Phi) is 4.47. The maximum absolute atomic E-state index is 11.9. The topological polar surface area (TPSA) is 59.9 Å². The van der Waals surface area contributed by atoms with E-state index in [1.54, 1.807) is 30.3 Å². The number of amides is 1. The summed E-state index contributed by atoms with van der Waals surface area (Å²) >= 11 is 5.93. The zero-order valence-electron chi connectivity index (χ0n) is 13.0. The highest BCUT2D eigenvalue weighted by Crippen LogP contribution is 2.39. The molecular formula is C16H19ClN2O3. The second-order valence-corrected chi connectivity index (χ2v) is 6.32. The molecular weight excluding hydrogens is 304 g/mol. The van der Waals surface area contributed by atoms with Crippen molar-refractivity contribution in [1.29, 1.82) is 0 Å². The molecule has 118 valence electrons. The molecule has 0 saturated carbocycles. The number of carbonyl (C=O) groups excluding carboxylic acids is 1. The lowest BCUT2D eigenvalue weighted by atomic mass is 9.90. The molecule has 1 N–H and O–H groups in total. The number of rotatable bonds is 3. The number of hydrogen-bond acceptors (Lipinski definition) is 4. The smallest absolute Gasteiger partial charge is 0.282 e. The SMILES string of the molecule is CC1(C)OC(=C/C=N/NC(=O)c2ccccc2Cl)OC1(C)C. The molecule has 1 fully saturated rings. The predicted molar refractivity (Wildman–Crippen MR) is 85.8 cm³/mol. The van der Waals surface area contributed by atoms with Gasteiger partial charge in [0.15, 0.2) is 0 Å². The molecule has 6 heteroatoms. The van der Waals surface area contributed by atoms with Crippen molar-refractivity contribution in [2.24, 2.45) is 5.10 Å². The molecule has 0 bridgehead atoms. The predicted octanol–water partition coefficient (Wildman–Crippen LogP) is 3.50. The lowest BCUT2D eigenvalue weighted by Crippen LogP contribution is -2.41. The lowest BCUT2D eigenvalue weighted by molar-refractivity contribution is 0.00578. The van der Waals surface area contributed by atoms with Crippen LogP contribution in [0.4, 0.5) is 0 Å². The molecule has 1 heterocycles. The molecule has 1 amide bonds. The third-order valence-corrected chi connectivity index (χ3v) is 4.06. The summed E-state index contributed by atoms with van der Waals surface area (Å²) in [6, 6.07) is 6.76. The minimum absolute atomic E-state index is 0.365. The van der Waals surface area contributed by atoms with Gasteiger partial charge in [-0.15, -0.1) is 0 Å². The Bertz CT molecular complexity index is 618. The summed E-state index contributed by atoms with van der Waals surface area (Å²) < 4.78 is 11.4. The van der Waals surface area contributed by atoms with Crippen LogP contribution >= 0.6 is 11.6 Å². The van der Waals surface area contributed by atoms with E-state index >= 15 is 0 Å². The van der Waals surface area contributed by atoms with Crippen molar-refractivity contribution in [3.8, 4) is 0 Å². The monoisotopic (exact) mass is 322 g/mol. The summed E-state index contributed by atoms with van der Waals surface area (Å²) in [5.74, 6) is -0.0140. The fourth-order valence-electron chi connectivity index (χ4n) is 1.74. The number of carbonyl (C=O) groups is 1. The zero-order valence-corrected chi connectivity index (χ0v) is 13.8.